The monoisotopic (exact) mass is 227 g/mol. The molecule has 0 aromatic rings. The van der Waals surface area contributed by atoms with Gasteiger partial charge in [-0.2, -0.15) is 8.42 Å². The molecule has 0 bridgehead atoms. The molecule has 0 fully saturated rings. The van der Waals surface area contributed by atoms with E-state index in [1.54, 1.807) is 0 Å². The Labute approximate surface area is 79.1 Å². The summed E-state index contributed by atoms with van der Waals surface area (Å²) < 4.78 is 29.3. The van der Waals surface area contributed by atoms with Crippen LogP contribution in [0.15, 0.2) is 0 Å². The summed E-state index contributed by atoms with van der Waals surface area (Å²) in [6, 6.07) is -1.65. The Hall–Kier alpha value is -1.19. The summed E-state index contributed by atoms with van der Waals surface area (Å²) in [7, 11) is -4.84. The highest BCUT2D eigenvalue weighted by Crippen LogP contribution is 2.07. The van der Waals surface area contributed by atoms with E-state index in [-0.39, 0.29) is 0 Å². The van der Waals surface area contributed by atoms with Gasteiger partial charge in [-0.25, -0.2) is 0 Å². The molecule has 0 saturated carbocycles. The zero-order valence-electron chi connectivity index (χ0n) is 6.82. The van der Waals surface area contributed by atoms with Crippen LogP contribution >= 0.6 is 0 Å². The Bertz CT molecular complexity index is 334. The lowest BCUT2D eigenvalue weighted by molar-refractivity contribution is -0.139. The molecule has 0 spiro atoms. The Morgan fingerprint density at radius 3 is 1.86 bits per heavy atom. The summed E-state index contributed by atoms with van der Waals surface area (Å²) in [5.41, 5.74) is 4.91. The van der Waals surface area contributed by atoms with Crippen LogP contribution < -0.4 is 5.73 Å². The van der Waals surface area contributed by atoms with Crippen LogP contribution in [0.1, 0.15) is 6.42 Å². The second-order valence-electron chi connectivity index (χ2n) is 2.52. The SMILES string of the molecule is N[C@@H](C[C@H](C(=O)O)S(=O)(=O)O)C(=O)O. The maximum atomic E-state index is 10.5. The largest absolute Gasteiger partial charge is 0.480 e. The fraction of sp³-hybridized carbons (Fsp3) is 0.600. The first-order valence-corrected chi connectivity index (χ1v) is 4.84. The summed E-state index contributed by atoms with van der Waals surface area (Å²) in [6.07, 6.45) is -0.885. The van der Waals surface area contributed by atoms with Gasteiger partial charge in [0.1, 0.15) is 6.04 Å². The molecule has 9 heteroatoms. The lowest BCUT2D eigenvalue weighted by Crippen LogP contribution is -2.40. The highest BCUT2D eigenvalue weighted by atomic mass is 32.2. The van der Waals surface area contributed by atoms with Crippen molar-refractivity contribution < 1.29 is 32.8 Å². The highest BCUT2D eigenvalue weighted by molar-refractivity contribution is 7.87. The lowest BCUT2D eigenvalue weighted by Gasteiger charge is -2.11. The minimum atomic E-state index is -4.84. The number of carboxylic acids is 2. The van der Waals surface area contributed by atoms with Gasteiger partial charge in [0.25, 0.3) is 10.1 Å². The van der Waals surface area contributed by atoms with E-state index in [1.807, 2.05) is 0 Å². The molecular formula is C5H9NO7S. The van der Waals surface area contributed by atoms with Crippen LogP contribution in [0, 0.1) is 0 Å². The molecule has 82 valence electrons. The third kappa shape index (κ3) is 3.68. The van der Waals surface area contributed by atoms with Crippen LogP contribution in [0.5, 0.6) is 0 Å². The predicted octanol–water partition coefficient (Wildman–Crippen LogP) is -1.87. The quantitative estimate of drug-likeness (QED) is 0.398. The van der Waals surface area contributed by atoms with Gasteiger partial charge >= 0.3 is 11.9 Å². The molecule has 0 aliphatic rings. The van der Waals surface area contributed by atoms with Gasteiger partial charge in [-0.1, -0.05) is 0 Å². The van der Waals surface area contributed by atoms with Crippen molar-refractivity contribution in [3.05, 3.63) is 0 Å². The second kappa shape index (κ2) is 4.35. The highest BCUT2D eigenvalue weighted by Gasteiger charge is 2.34. The van der Waals surface area contributed by atoms with Gasteiger partial charge in [0.05, 0.1) is 0 Å². The van der Waals surface area contributed by atoms with Crippen molar-refractivity contribution in [3.63, 3.8) is 0 Å². The fourth-order valence-corrected chi connectivity index (χ4v) is 1.39. The lowest BCUT2D eigenvalue weighted by atomic mass is 10.2. The van der Waals surface area contributed by atoms with Gasteiger partial charge < -0.3 is 15.9 Å². The van der Waals surface area contributed by atoms with E-state index in [0.717, 1.165) is 0 Å². The third-order valence-electron chi connectivity index (χ3n) is 1.42. The minimum absolute atomic E-state index is 0.885. The zero-order valence-corrected chi connectivity index (χ0v) is 7.64. The Balaban J connectivity index is 4.73. The van der Waals surface area contributed by atoms with Crippen LogP contribution in [-0.4, -0.2) is 46.4 Å². The van der Waals surface area contributed by atoms with Crippen LogP contribution in [0.4, 0.5) is 0 Å². The number of rotatable bonds is 5. The van der Waals surface area contributed by atoms with Crippen molar-refractivity contribution >= 4 is 22.1 Å². The molecule has 0 aromatic carbocycles. The molecule has 0 unspecified atom stereocenters. The Morgan fingerprint density at radius 1 is 1.21 bits per heavy atom. The molecule has 0 aromatic heterocycles. The maximum absolute atomic E-state index is 10.5. The fourth-order valence-electron chi connectivity index (χ4n) is 0.681. The first-order valence-electron chi connectivity index (χ1n) is 3.33. The second-order valence-corrected chi connectivity index (χ2v) is 4.12. The van der Waals surface area contributed by atoms with E-state index in [1.165, 1.54) is 0 Å². The first kappa shape index (κ1) is 12.8. The van der Waals surface area contributed by atoms with Gasteiger partial charge in [-0.3, -0.25) is 14.1 Å². The van der Waals surface area contributed by atoms with Crippen LogP contribution in [0.3, 0.4) is 0 Å². The normalized spacial score (nSPS) is 15.9. The van der Waals surface area contributed by atoms with Crippen molar-refractivity contribution in [2.45, 2.75) is 17.7 Å². The van der Waals surface area contributed by atoms with E-state index < -0.39 is 39.8 Å². The molecule has 0 aliphatic carbocycles. The number of carbonyl (C=O) groups is 2. The topological polar surface area (TPSA) is 155 Å². The number of nitrogens with two attached hydrogens (primary N) is 1. The van der Waals surface area contributed by atoms with Gasteiger partial charge in [0, 0.05) is 6.42 Å². The van der Waals surface area contributed by atoms with Crippen molar-refractivity contribution in [1.82, 2.24) is 0 Å². The smallest absolute Gasteiger partial charge is 0.324 e. The number of carboxylic acid groups (broad SMARTS) is 2. The van der Waals surface area contributed by atoms with Gasteiger partial charge in [0.2, 0.25) is 0 Å². The molecule has 8 nitrogen and oxygen atoms in total. The van der Waals surface area contributed by atoms with Crippen molar-refractivity contribution in [3.8, 4) is 0 Å². The van der Waals surface area contributed by atoms with E-state index in [0.29, 0.717) is 0 Å². The first-order chi connectivity index (χ1) is 6.16. The standard InChI is InChI=1S/C5H9NO7S/c6-2(4(7)8)1-3(5(9)10)14(11,12)13/h2-3H,1,6H2,(H,7,8)(H,9,10)(H,11,12,13)/t2-,3+/m0/s1. The van der Waals surface area contributed by atoms with E-state index in [4.69, 9.17) is 20.5 Å². The summed E-state index contributed by atoms with van der Waals surface area (Å²) in [5, 5.41) is 14.4. The Morgan fingerprint density at radius 2 is 1.64 bits per heavy atom. The molecule has 0 saturated heterocycles. The predicted molar refractivity (Wildman–Crippen MR) is 43.2 cm³/mol. The van der Waals surface area contributed by atoms with Crippen LogP contribution in [-0.2, 0) is 19.7 Å². The molecule has 14 heavy (non-hydrogen) atoms. The third-order valence-corrected chi connectivity index (χ3v) is 2.53. The molecule has 0 heterocycles. The van der Waals surface area contributed by atoms with Crippen LogP contribution in [0.2, 0.25) is 0 Å². The minimum Gasteiger partial charge on any atom is -0.480 e. The molecule has 5 N–H and O–H groups in total. The van der Waals surface area contributed by atoms with Crippen molar-refractivity contribution in [1.29, 1.82) is 0 Å². The molecule has 0 rings (SSSR count). The summed E-state index contributed by atoms with van der Waals surface area (Å²) in [6.45, 7) is 0. The van der Waals surface area contributed by atoms with E-state index >= 15 is 0 Å². The van der Waals surface area contributed by atoms with E-state index in [9.17, 15) is 18.0 Å². The number of aliphatic carboxylic acids is 2. The number of hydrogen-bond acceptors (Lipinski definition) is 5. The van der Waals surface area contributed by atoms with Gasteiger partial charge in [-0.05, 0) is 0 Å². The number of hydrogen-bond donors (Lipinski definition) is 4. The Kier molecular flexibility index (Phi) is 3.98. The van der Waals surface area contributed by atoms with Gasteiger partial charge in [-0.15, -0.1) is 0 Å². The molecule has 0 aliphatic heterocycles. The molecule has 0 radical (unpaired) electrons. The van der Waals surface area contributed by atoms with Crippen LogP contribution in [0.25, 0.3) is 0 Å². The summed E-state index contributed by atoms with van der Waals surface area (Å²) >= 11 is 0. The molecule has 0 amide bonds. The molecule has 2 atom stereocenters. The van der Waals surface area contributed by atoms with E-state index in [2.05, 4.69) is 0 Å². The van der Waals surface area contributed by atoms with Crippen molar-refractivity contribution in [2.75, 3.05) is 0 Å². The average molecular weight is 227 g/mol. The zero-order chi connectivity index (χ0) is 11.5. The molecular weight excluding hydrogens is 218 g/mol. The summed E-state index contributed by atoms with van der Waals surface area (Å²) in [4.78, 5) is 20.5. The summed E-state index contributed by atoms with van der Waals surface area (Å²) in [5.74, 6) is -3.39. The average Bonchev–Trinajstić information content (AvgIpc) is 1.96. The van der Waals surface area contributed by atoms with Crippen molar-refractivity contribution in [2.24, 2.45) is 5.73 Å². The van der Waals surface area contributed by atoms with Gasteiger partial charge in [0.15, 0.2) is 5.25 Å². The maximum Gasteiger partial charge on any atom is 0.324 e.